The van der Waals surface area contributed by atoms with Crippen LogP contribution in [0.4, 0.5) is 0 Å². The average Bonchev–Trinajstić information content (AvgIpc) is 2.52. The topological polar surface area (TPSA) is 56.7 Å². The lowest BCUT2D eigenvalue weighted by molar-refractivity contribution is 0.474. The van der Waals surface area contributed by atoms with Crippen molar-refractivity contribution in [1.29, 1.82) is 0 Å². The molecule has 7 heteroatoms. The van der Waals surface area contributed by atoms with Crippen molar-refractivity contribution in [2.75, 3.05) is 0 Å². The van der Waals surface area contributed by atoms with E-state index in [0.29, 0.717) is 15.7 Å². The highest BCUT2D eigenvalue weighted by Gasteiger charge is 2.07. The van der Waals surface area contributed by atoms with Crippen molar-refractivity contribution >= 4 is 46.7 Å². The molecule has 23 heavy (non-hydrogen) atoms. The summed E-state index contributed by atoms with van der Waals surface area (Å²) in [4.78, 5) is 0. The van der Waals surface area contributed by atoms with Crippen LogP contribution >= 0.6 is 35.4 Å². The Morgan fingerprint density at radius 2 is 1.96 bits per heavy atom. The van der Waals surface area contributed by atoms with E-state index in [2.05, 4.69) is 15.8 Å². The average molecular weight is 368 g/mol. The zero-order valence-electron chi connectivity index (χ0n) is 12.3. The Labute approximate surface area is 150 Å². The molecule has 0 saturated carbocycles. The summed E-state index contributed by atoms with van der Waals surface area (Å²) in [6, 6.07) is 13.0. The van der Waals surface area contributed by atoms with E-state index < -0.39 is 0 Å². The maximum atomic E-state index is 9.82. The van der Waals surface area contributed by atoms with Crippen LogP contribution in [0.1, 0.15) is 24.1 Å². The molecule has 0 aliphatic rings. The molecule has 0 aromatic heterocycles. The van der Waals surface area contributed by atoms with Gasteiger partial charge in [-0.25, -0.2) is 0 Å². The number of halogens is 2. The van der Waals surface area contributed by atoms with Gasteiger partial charge < -0.3 is 10.4 Å². The van der Waals surface area contributed by atoms with Crippen LogP contribution < -0.4 is 10.7 Å². The summed E-state index contributed by atoms with van der Waals surface area (Å²) in [5, 5.41) is 17.9. The van der Waals surface area contributed by atoms with Crippen molar-refractivity contribution in [3.63, 3.8) is 0 Å². The highest BCUT2D eigenvalue weighted by Crippen LogP contribution is 2.29. The Hall–Kier alpha value is -1.82. The second kappa shape index (κ2) is 8.15. The van der Waals surface area contributed by atoms with E-state index in [9.17, 15) is 5.11 Å². The number of benzene rings is 2. The van der Waals surface area contributed by atoms with E-state index in [1.54, 1.807) is 6.07 Å². The summed E-state index contributed by atoms with van der Waals surface area (Å²) in [5.74, 6) is -0.0850. The minimum atomic E-state index is -0.0850. The normalized spacial score (nSPS) is 12.1. The van der Waals surface area contributed by atoms with Crippen molar-refractivity contribution in [3.05, 3.63) is 63.6 Å². The van der Waals surface area contributed by atoms with Gasteiger partial charge in [0.1, 0.15) is 5.75 Å². The van der Waals surface area contributed by atoms with Gasteiger partial charge in [-0.05, 0) is 36.8 Å². The number of phenols is 1. The van der Waals surface area contributed by atoms with Crippen LogP contribution in [0.15, 0.2) is 47.6 Å². The van der Waals surface area contributed by atoms with E-state index in [1.807, 2.05) is 37.3 Å². The van der Waals surface area contributed by atoms with Gasteiger partial charge in [0.25, 0.3) is 0 Å². The van der Waals surface area contributed by atoms with Crippen LogP contribution in [0.5, 0.6) is 5.75 Å². The molecular formula is C16H15Cl2N3OS. The second-order valence-corrected chi connectivity index (χ2v) is 6.05. The number of nitrogens with one attached hydrogen (secondary N) is 2. The van der Waals surface area contributed by atoms with E-state index in [1.165, 1.54) is 12.3 Å². The molecule has 0 bridgehead atoms. The molecule has 0 saturated heterocycles. The van der Waals surface area contributed by atoms with Crippen LogP contribution in [0.3, 0.4) is 0 Å². The minimum Gasteiger partial charge on any atom is -0.506 e. The Morgan fingerprint density at radius 1 is 1.26 bits per heavy atom. The van der Waals surface area contributed by atoms with Gasteiger partial charge in [0.2, 0.25) is 0 Å². The van der Waals surface area contributed by atoms with Crippen LogP contribution in [-0.2, 0) is 0 Å². The van der Waals surface area contributed by atoms with Crippen LogP contribution in [0.2, 0.25) is 10.0 Å². The van der Waals surface area contributed by atoms with Gasteiger partial charge in [-0.2, -0.15) is 5.10 Å². The van der Waals surface area contributed by atoms with Gasteiger partial charge >= 0.3 is 0 Å². The summed E-state index contributed by atoms with van der Waals surface area (Å²) in [5.41, 5.74) is 4.20. The van der Waals surface area contributed by atoms with Crippen LogP contribution in [0.25, 0.3) is 0 Å². The third-order valence-corrected chi connectivity index (χ3v) is 3.79. The van der Waals surface area contributed by atoms with E-state index in [0.717, 1.165) is 5.56 Å². The molecule has 3 N–H and O–H groups in total. The van der Waals surface area contributed by atoms with Gasteiger partial charge in [0.15, 0.2) is 5.11 Å². The molecule has 0 unspecified atom stereocenters. The monoisotopic (exact) mass is 367 g/mol. The largest absolute Gasteiger partial charge is 0.506 e. The van der Waals surface area contributed by atoms with Gasteiger partial charge in [0, 0.05) is 10.6 Å². The summed E-state index contributed by atoms with van der Waals surface area (Å²) < 4.78 is 0. The first-order valence-electron chi connectivity index (χ1n) is 6.80. The molecule has 120 valence electrons. The molecule has 2 aromatic carbocycles. The number of aromatic hydroxyl groups is 1. The van der Waals surface area contributed by atoms with Crippen molar-refractivity contribution in [1.82, 2.24) is 10.7 Å². The van der Waals surface area contributed by atoms with Crippen molar-refractivity contribution in [2.45, 2.75) is 13.0 Å². The SMILES string of the molecule is C[C@@H](NC(=S)N/N=C/c1cc(Cl)cc(Cl)c1O)c1ccccc1. The number of thiocarbonyl (C=S) groups is 1. The number of phenolic OH excluding ortho intramolecular Hbond substituents is 1. The Kier molecular flexibility index (Phi) is 6.21. The van der Waals surface area contributed by atoms with E-state index in [-0.39, 0.29) is 16.8 Å². The fourth-order valence-corrected chi connectivity index (χ4v) is 2.64. The zero-order chi connectivity index (χ0) is 16.8. The Bertz CT molecular complexity index is 723. The first-order chi connectivity index (χ1) is 11.0. The molecule has 0 radical (unpaired) electrons. The molecule has 2 rings (SSSR count). The quantitative estimate of drug-likeness (QED) is 0.429. The van der Waals surface area contributed by atoms with Gasteiger partial charge in [-0.3, -0.25) is 5.43 Å². The summed E-state index contributed by atoms with van der Waals surface area (Å²) in [6.07, 6.45) is 1.40. The number of rotatable bonds is 4. The van der Waals surface area contributed by atoms with Gasteiger partial charge in [0.05, 0.1) is 17.3 Å². The predicted molar refractivity (Wildman–Crippen MR) is 99.4 cm³/mol. The Morgan fingerprint density at radius 3 is 2.65 bits per heavy atom. The van der Waals surface area contributed by atoms with Gasteiger partial charge in [-0.1, -0.05) is 53.5 Å². The van der Waals surface area contributed by atoms with Gasteiger partial charge in [-0.15, -0.1) is 0 Å². The fraction of sp³-hybridized carbons (Fsp3) is 0.125. The predicted octanol–water partition coefficient (Wildman–Crippen LogP) is 4.26. The highest BCUT2D eigenvalue weighted by molar-refractivity contribution is 7.80. The zero-order valence-corrected chi connectivity index (χ0v) is 14.6. The van der Waals surface area contributed by atoms with Crippen LogP contribution in [-0.4, -0.2) is 16.4 Å². The lowest BCUT2D eigenvalue weighted by atomic mass is 10.1. The van der Waals surface area contributed by atoms with Crippen molar-refractivity contribution in [2.24, 2.45) is 5.10 Å². The number of hydrazone groups is 1. The smallest absolute Gasteiger partial charge is 0.187 e. The fourth-order valence-electron chi connectivity index (χ4n) is 1.90. The summed E-state index contributed by atoms with van der Waals surface area (Å²) in [7, 11) is 0. The minimum absolute atomic E-state index is 0.0421. The molecule has 0 fully saturated rings. The second-order valence-electron chi connectivity index (χ2n) is 4.80. The molecule has 0 aliphatic heterocycles. The molecule has 1 atom stereocenters. The lowest BCUT2D eigenvalue weighted by Gasteiger charge is -2.15. The standard InChI is InChI=1S/C16H15Cl2N3OS/c1-10(11-5-3-2-4-6-11)20-16(23)21-19-9-12-7-13(17)8-14(18)15(12)22/h2-10,22H,1H3,(H2,20,21,23)/b19-9+/t10-/m1/s1. The first-order valence-corrected chi connectivity index (χ1v) is 7.96. The van der Waals surface area contributed by atoms with E-state index >= 15 is 0 Å². The van der Waals surface area contributed by atoms with Crippen molar-refractivity contribution in [3.8, 4) is 5.75 Å². The highest BCUT2D eigenvalue weighted by atomic mass is 35.5. The molecular weight excluding hydrogens is 353 g/mol. The molecule has 2 aromatic rings. The molecule has 0 heterocycles. The number of hydrogen-bond donors (Lipinski definition) is 3. The summed E-state index contributed by atoms with van der Waals surface area (Å²) in [6.45, 7) is 2.00. The molecule has 0 aliphatic carbocycles. The third-order valence-electron chi connectivity index (χ3n) is 3.07. The Balaban J connectivity index is 1.94. The molecule has 0 spiro atoms. The number of hydrogen-bond acceptors (Lipinski definition) is 3. The van der Waals surface area contributed by atoms with E-state index in [4.69, 9.17) is 35.4 Å². The molecule has 4 nitrogen and oxygen atoms in total. The first kappa shape index (κ1) is 17.5. The molecule has 0 amide bonds. The maximum absolute atomic E-state index is 9.82. The maximum Gasteiger partial charge on any atom is 0.187 e. The summed E-state index contributed by atoms with van der Waals surface area (Å²) >= 11 is 16.9. The van der Waals surface area contributed by atoms with Crippen LogP contribution in [0, 0.1) is 0 Å². The van der Waals surface area contributed by atoms with Crippen molar-refractivity contribution < 1.29 is 5.11 Å². The third kappa shape index (κ3) is 5.10. The number of nitrogens with zero attached hydrogens (tertiary/aromatic N) is 1. The lowest BCUT2D eigenvalue weighted by Crippen LogP contribution is -2.34.